The summed E-state index contributed by atoms with van der Waals surface area (Å²) in [6.07, 6.45) is 3.29. The Morgan fingerprint density at radius 3 is 2.28 bits per heavy atom. The monoisotopic (exact) mass is 332 g/mol. The third-order valence-corrected chi connectivity index (χ3v) is 3.85. The van der Waals surface area contributed by atoms with E-state index in [1.807, 2.05) is 36.4 Å². The van der Waals surface area contributed by atoms with Gasteiger partial charge in [-0.2, -0.15) is 0 Å². The molecule has 0 radical (unpaired) electrons. The standard InChI is InChI=1S/C22H17FO2/c1-25-21-11-8-16(9-12-21)10-13-22(24)19-6-2-4-17(14-19)18-5-3-7-20(23)15-18/h2-15H,1H3/b13-10+. The molecular weight excluding hydrogens is 315 g/mol. The molecule has 0 fully saturated rings. The number of ketones is 1. The molecular formula is C22H17FO2. The van der Waals surface area contributed by atoms with Crippen LogP contribution in [-0.2, 0) is 0 Å². The molecule has 124 valence electrons. The lowest BCUT2D eigenvalue weighted by molar-refractivity contribution is 0.104. The predicted octanol–water partition coefficient (Wildman–Crippen LogP) is 5.40. The first-order chi connectivity index (χ1) is 12.2. The zero-order valence-electron chi connectivity index (χ0n) is 13.8. The van der Waals surface area contributed by atoms with Crippen LogP contribution in [0.1, 0.15) is 15.9 Å². The van der Waals surface area contributed by atoms with E-state index in [-0.39, 0.29) is 11.6 Å². The van der Waals surface area contributed by atoms with Crippen molar-refractivity contribution < 1.29 is 13.9 Å². The van der Waals surface area contributed by atoms with Crippen LogP contribution in [0.4, 0.5) is 4.39 Å². The Morgan fingerprint density at radius 1 is 0.920 bits per heavy atom. The van der Waals surface area contributed by atoms with E-state index >= 15 is 0 Å². The highest BCUT2D eigenvalue weighted by Gasteiger charge is 2.05. The van der Waals surface area contributed by atoms with Crippen molar-refractivity contribution in [3.8, 4) is 16.9 Å². The second kappa shape index (κ2) is 7.58. The van der Waals surface area contributed by atoms with E-state index in [4.69, 9.17) is 4.74 Å². The van der Waals surface area contributed by atoms with E-state index in [1.165, 1.54) is 18.2 Å². The van der Waals surface area contributed by atoms with Gasteiger partial charge >= 0.3 is 0 Å². The quantitative estimate of drug-likeness (QED) is 0.462. The van der Waals surface area contributed by atoms with Gasteiger partial charge in [0.1, 0.15) is 11.6 Å². The molecule has 0 aliphatic rings. The molecule has 2 nitrogen and oxygen atoms in total. The van der Waals surface area contributed by atoms with Crippen LogP contribution in [0.25, 0.3) is 17.2 Å². The highest BCUT2D eigenvalue weighted by molar-refractivity contribution is 6.07. The molecule has 3 rings (SSSR count). The van der Waals surface area contributed by atoms with Crippen molar-refractivity contribution in [2.24, 2.45) is 0 Å². The maximum Gasteiger partial charge on any atom is 0.185 e. The van der Waals surface area contributed by atoms with Crippen molar-refractivity contribution in [3.05, 3.63) is 95.8 Å². The minimum atomic E-state index is -0.298. The number of benzene rings is 3. The fourth-order valence-corrected chi connectivity index (χ4v) is 2.50. The molecule has 0 aliphatic heterocycles. The molecule has 0 N–H and O–H groups in total. The Hall–Kier alpha value is -3.20. The lowest BCUT2D eigenvalue weighted by atomic mass is 10.0. The Morgan fingerprint density at radius 2 is 1.60 bits per heavy atom. The molecule has 25 heavy (non-hydrogen) atoms. The Bertz CT molecular complexity index is 911. The van der Waals surface area contributed by atoms with Crippen molar-refractivity contribution >= 4 is 11.9 Å². The molecule has 3 heteroatoms. The number of carbonyl (C=O) groups excluding carboxylic acids is 1. The molecule has 3 aromatic rings. The summed E-state index contributed by atoms with van der Waals surface area (Å²) in [5.74, 6) is 0.369. The van der Waals surface area contributed by atoms with E-state index < -0.39 is 0 Å². The largest absolute Gasteiger partial charge is 0.497 e. The zero-order chi connectivity index (χ0) is 17.6. The first-order valence-corrected chi connectivity index (χ1v) is 7.88. The average molecular weight is 332 g/mol. The summed E-state index contributed by atoms with van der Waals surface area (Å²) in [5, 5.41) is 0. The zero-order valence-corrected chi connectivity index (χ0v) is 13.8. The van der Waals surface area contributed by atoms with Crippen molar-refractivity contribution in [3.63, 3.8) is 0 Å². The third kappa shape index (κ3) is 4.21. The van der Waals surface area contributed by atoms with Gasteiger partial charge in [-0.3, -0.25) is 4.79 Å². The van der Waals surface area contributed by atoms with Gasteiger partial charge in [-0.05, 0) is 53.1 Å². The second-order valence-corrected chi connectivity index (χ2v) is 5.56. The van der Waals surface area contributed by atoms with E-state index in [0.717, 1.165) is 22.4 Å². The van der Waals surface area contributed by atoms with Gasteiger partial charge in [0.2, 0.25) is 0 Å². The molecule has 0 amide bonds. The highest BCUT2D eigenvalue weighted by atomic mass is 19.1. The second-order valence-electron chi connectivity index (χ2n) is 5.56. The Kier molecular flexibility index (Phi) is 5.05. The molecule has 0 saturated heterocycles. The summed E-state index contributed by atoms with van der Waals surface area (Å²) >= 11 is 0. The van der Waals surface area contributed by atoms with Crippen LogP contribution < -0.4 is 4.74 Å². The molecule has 0 aromatic heterocycles. The van der Waals surface area contributed by atoms with Crippen molar-refractivity contribution in [2.45, 2.75) is 0 Å². The predicted molar refractivity (Wildman–Crippen MR) is 98.2 cm³/mol. The van der Waals surface area contributed by atoms with Gasteiger partial charge in [-0.1, -0.05) is 48.5 Å². The molecule has 0 bridgehead atoms. The fourth-order valence-electron chi connectivity index (χ4n) is 2.50. The Balaban J connectivity index is 1.80. The van der Waals surface area contributed by atoms with E-state index in [9.17, 15) is 9.18 Å². The number of rotatable bonds is 5. The van der Waals surface area contributed by atoms with E-state index in [1.54, 1.807) is 37.5 Å². The summed E-state index contributed by atoms with van der Waals surface area (Å²) in [6, 6.07) is 21.0. The van der Waals surface area contributed by atoms with Crippen LogP contribution in [0.3, 0.4) is 0 Å². The average Bonchev–Trinajstić information content (AvgIpc) is 2.66. The van der Waals surface area contributed by atoms with Gasteiger partial charge in [0, 0.05) is 5.56 Å². The van der Waals surface area contributed by atoms with Crippen LogP contribution in [0.5, 0.6) is 5.75 Å². The summed E-state index contributed by atoms with van der Waals surface area (Å²) in [6.45, 7) is 0. The lowest BCUT2D eigenvalue weighted by Gasteiger charge is -2.04. The van der Waals surface area contributed by atoms with Gasteiger partial charge in [-0.15, -0.1) is 0 Å². The van der Waals surface area contributed by atoms with Gasteiger partial charge in [0.15, 0.2) is 5.78 Å². The highest BCUT2D eigenvalue weighted by Crippen LogP contribution is 2.22. The Labute approximate surface area is 146 Å². The maximum absolute atomic E-state index is 13.4. The fraction of sp³-hybridized carbons (Fsp3) is 0.0455. The third-order valence-electron chi connectivity index (χ3n) is 3.85. The van der Waals surface area contributed by atoms with Gasteiger partial charge < -0.3 is 4.74 Å². The van der Waals surface area contributed by atoms with Crippen LogP contribution in [-0.4, -0.2) is 12.9 Å². The number of halogens is 1. The van der Waals surface area contributed by atoms with Crippen molar-refractivity contribution in [2.75, 3.05) is 7.11 Å². The molecule has 0 atom stereocenters. The summed E-state index contributed by atoms with van der Waals surface area (Å²) < 4.78 is 18.5. The molecule has 0 spiro atoms. The topological polar surface area (TPSA) is 26.3 Å². The molecule has 0 saturated carbocycles. The van der Waals surface area contributed by atoms with Gasteiger partial charge in [0.25, 0.3) is 0 Å². The van der Waals surface area contributed by atoms with E-state index in [2.05, 4.69) is 0 Å². The molecule has 0 aliphatic carbocycles. The van der Waals surface area contributed by atoms with Crippen LogP contribution >= 0.6 is 0 Å². The lowest BCUT2D eigenvalue weighted by Crippen LogP contribution is -1.94. The normalized spacial score (nSPS) is 10.8. The first kappa shape index (κ1) is 16.7. The number of carbonyl (C=O) groups is 1. The van der Waals surface area contributed by atoms with Crippen LogP contribution in [0, 0.1) is 5.82 Å². The van der Waals surface area contributed by atoms with Crippen molar-refractivity contribution in [1.82, 2.24) is 0 Å². The van der Waals surface area contributed by atoms with Gasteiger partial charge in [-0.25, -0.2) is 4.39 Å². The number of ether oxygens (including phenoxy) is 1. The van der Waals surface area contributed by atoms with Crippen molar-refractivity contribution in [1.29, 1.82) is 0 Å². The maximum atomic E-state index is 13.4. The first-order valence-electron chi connectivity index (χ1n) is 7.88. The number of hydrogen-bond donors (Lipinski definition) is 0. The SMILES string of the molecule is COc1ccc(/C=C/C(=O)c2cccc(-c3cccc(F)c3)c2)cc1. The summed E-state index contributed by atoms with van der Waals surface area (Å²) in [4.78, 5) is 12.4. The molecule has 0 unspecified atom stereocenters. The van der Waals surface area contributed by atoms with E-state index in [0.29, 0.717) is 5.56 Å². The van der Waals surface area contributed by atoms with Crippen LogP contribution in [0.2, 0.25) is 0 Å². The minimum Gasteiger partial charge on any atom is -0.497 e. The smallest absolute Gasteiger partial charge is 0.185 e. The van der Waals surface area contributed by atoms with Crippen LogP contribution in [0.15, 0.2) is 78.9 Å². The summed E-state index contributed by atoms with van der Waals surface area (Å²) in [5.41, 5.74) is 3.03. The minimum absolute atomic E-state index is 0.103. The summed E-state index contributed by atoms with van der Waals surface area (Å²) in [7, 11) is 1.61. The van der Waals surface area contributed by atoms with Gasteiger partial charge in [0.05, 0.1) is 7.11 Å². The number of methoxy groups -OCH3 is 1. The number of hydrogen-bond acceptors (Lipinski definition) is 2. The molecule has 3 aromatic carbocycles. The number of allylic oxidation sites excluding steroid dienone is 1. The molecule has 0 heterocycles.